The summed E-state index contributed by atoms with van der Waals surface area (Å²) in [6.45, 7) is 1.90. The van der Waals surface area contributed by atoms with Crippen LogP contribution in [-0.2, 0) is 0 Å². The molecule has 2 aromatic rings. The molecule has 0 amide bonds. The van der Waals surface area contributed by atoms with Gasteiger partial charge in [-0.15, -0.1) is 0 Å². The Labute approximate surface area is 88.2 Å². The molecule has 0 fully saturated rings. The molecule has 3 N–H and O–H groups in total. The second-order valence-corrected chi connectivity index (χ2v) is 3.42. The van der Waals surface area contributed by atoms with Gasteiger partial charge in [-0.25, -0.2) is 4.98 Å². The molecule has 0 aliphatic rings. The number of hydrogen-bond acceptors (Lipinski definition) is 3. The van der Waals surface area contributed by atoms with Gasteiger partial charge in [0.25, 0.3) is 0 Å². The van der Waals surface area contributed by atoms with Gasteiger partial charge in [0.15, 0.2) is 0 Å². The fraction of sp³-hybridized carbons (Fsp3) is 0.0833. The fourth-order valence-electron chi connectivity index (χ4n) is 1.56. The Hall–Kier alpha value is -2.03. The number of rotatable bonds is 1. The number of anilines is 1. The molecule has 3 heteroatoms. The summed E-state index contributed by atoms with van der Waals surface area (Å²) >= 11 is 0. The van der Waals surface area contributed by atoms with Gasteiger partial charge in [0.2, 0.25) is 0 Å². The van der Waals surface area contributed by atoms with Gasteiger partial charge < -0.3 is 10.8 Å². The van der Waals surface area contributed by atoms with Crippen LogP contribution in [0.4, 0.5) is 5.82 Å². The first-order valence-electron chi connectivity index (χ1n) is 4.69. The average molecular weight is 200 g/mol. The number of aromatic hydroxyl groups is 1. The third-order valence-corrected chi connectivity index (χ3v) is 2.26. The first kappa shape index (κ1) is 9.52. The standard InChI is InChI=1S/C12H12N2O/c1-8-11(5-6-12(13)14-8)9-3-2-4-10(15)7-9/h2-7,15H,1H3,(H2,13,14). The predicted molar refractivity (Wildman–Crippen MR) is 60.5 cm³/mol. The van der Waals surface area contributed by atoms with E-state index < -0.39 is 0 Å². The number of nitrogen functional groups attached to an aromatic ring is 1. The van der Waals surface area contributed by atoms with Gasteiger partial charge in [0, 0.05) is 11.3 Å². The van der Waals surface area contributed by atoms with Gasteiger partial charge >= 0.3 is 0 Å². The summed E-state index contributed by atoms with van der Waals surface area (Å²) in [5.41, 5.74) is 8.37. The van der Waals surface area contributed by atoms with Crippen LogP contribution >= 0.6 is 0 Å². The molecule has 0 aliphatic heterocycles. The summed E-state index contributed by atoms with van der Waals surface area (Å²) in [6, 6.07) is 10.8. The zero-order valence-corrected chi connectivity index (χ0v) is 8.44. The number of pyridine rings is 1. The normalized spacial score (nSPS) is 10.2. The number of hydrogen-bond donors (Lipinski definition) is 2. The summed E-state index contributed by atoms with van der Waals surface area (Å²) in [5.74, 6) is 0.764. The average Bonchev–Trinajstić information content (AvgIpc) is 2.17. The first-order chi connectivity index (χ1) is 7.16. The van der Waals surface area contributed by atoms with E-state index in [9.17, 15) is 5.11 Å². The van der Waals surface area contributed by atoms with Crippen LogP contribution in [0.2, 0.25) is 0 Å². The molecule has 0 radical (unpaired) electrons. The van der Waals surface area contributed by atoms with Crippen LogP contribution in [-0.4, -0.2) is 10.1 Å². The van der Waals surface area contributed by atoms with E-state index in [-0.39, 0.29) is 5.75 Å². The van der Waals surface area contributed by atoms with Gasteiger partial charge in [-0.3, -0.25) is 0 Å². The zero-order valence-electron chi connectivity index (χ0n) is 8.44. The summed E-state index contributed by atoms with van der Waals surface area (Å²) < 4.78 is 0. The molecular weight excluding hydrogens is 188 g/mol. The molecule has 0 saturated heterocycles. The van der Waals surface area contributed by atoms with Crippen molar-refractivity contribution in [1.82, 2.24) is 4.98 Å². The minimum Gasteiger partial charge on any atom is -0.508 e. The van der Waals surface area contributed by atoms with Gasteiger partial charge in [-0.05, 0) is 36.8 Å². The maximum atomic E-state index is 9.37. The lowest BCUT2D eigenvalue weighted by atomic mass is 10.0. The Kier molecular flexibility index (Phi) is 2.29. The van der Waals surface area contributed by atoms with Gasteiger partial charge in [-0.2, -0.15) is 0 Å². The Morgan fingerprint density at radius 2 is 2.00 bits per heavy atom. The number of nitrogens with zero attached hydrogens (tertiary/aromatic N) is 1. The van der Waals surface area contributed by atoms with E-state index in [2.05, 4.69) is 4.98 Å². The molecule has 0 atom stereocenters. The van der Waals surface area contributed by atoms with Crippen LogP contribution < -0.4 is 5.73 Å². The maximum Gasteiger partial charge on any atom is 0.123 e. The number of aromatic nitrogens is 1. The summed E-state index contributed by atoms with van der Waals surface area (Å²) in [6.07, 6.45) is 0. The van der Waals surface area contributed by atoms with Crippen molar-refractivity contribution in [1.29, 1.82) is 0 Å². The Bertz CT molecular complexity index is 495. The highest BCUT2D eigenvalue weighted by atomic mass is 16.3. The molecule has 1 aromatic carbocycles. The summed E-state index contributed by atoms with van der Waals surface area (Å²) in [4.78, 5) is 4.18. The molecule has 3 nitrogen and oxygen atoms in total. The lowest BCUT2D eigenvalue weighted by Gasteiger charge is -2.06. The highest BCUT2D eigenvalue weighted by Gasteiger charge is 2.03. The van der Waals surface area contributed by atoms with E-state index in [1.165, 1.54) is 0 Å². The van der Waals surface area contributed by atoms with E-state index in [1.807, 2.05) is 19.1 Å². The first-order valence-corrected chi connectivity index (χ1v) is 4.69. The molecule has 2 rings (SSSR count). The van der Waals surface area contributed by atoms with Gasteiger partial charge in [0.05, 0.1) is 0 Å². The van der Waals surface area contributed by atoms with Crippen LogP contribution in [0.5, 0.6) is 5.75 Å². The highest BCUT2D eigenvalue weighted by molar-refractivity contribution is 5.68. The Morgan fingerprint density at radius 3 is 2.67 bits per heavy atom. The van der Waals surface area contributed by atoms with Crippen LogP contribution in [0.15, 0.2) is 36.4 Å². The van der Waals surface area contributed by atoms with Crippen molar-refractivity contribution >= 4 is 5.82 Å². The third-order valence-electron chi connectivity index (χ3n) is 2.26. The smallest absolute Gasteiger partial charge is 0.123 e. The molecule has 76 valence electrons. The zero-order chi connectivity index (χ0) is 10.8. The molecule has 0 spiro atoms. The van der Waals surface area contributed by atoms with Gasteiger partial charge in [-0.1, -0.05) is 12.1 Å². The van der Waals surface area contributed by atoms with Crippen LogP contribution in [0.25, 0.3) is 11.1 Å². The van der Waals surface area contributed by atoms with Crippen molar-refractivity contribution in [3.63, 3.8) is 0 Å². The topological polar surface area (TPSA) is 59.1 Å². The second kappa shape index (κ2) is 3.61. The van der Waals surface area contributed by atoms with Crippen molar-refractivity contribution in [2.45, 2.75) is 6.92 Å². The SMILES string of the molecule is Cc1nc(N)ccc1-c1cccc(O)c1. The molecule has 0 bridgehead atoms. The third kappa shape index (κ3) is 1.91. The van der Waals surface area contributed by atoms with Crippen LogP contribution in [0.1, 0.15) is 5.69 Å². The van der Waals surface area contributed by atoms with E-state index in [0.29, 0.717) is 5.82 Å². The van der Waals surface area contributed by atoms with E-state index in [1.54, 1.807) is 24.3 Å². The molecule has 0 aliphatic carbocycles. The number of phenolic OH excluding ortho intramolecular Hbond substituents is 1. The Balaban J connectivity index is 2.54. The lowest BCUT2D eigenvalue weighted by molar-refractivity contribution is 0.475. The highest BCUT2D eigenvalue weighted by Crippen LogP contribution is 2.25. The van der Waals surface area contributed by atoms with Gasteiger partial charge in [0.1, 0.15) is 11.6 Å². The minimum absolute atomic E-state index is 0.253. The van der Waals surface area contributed by atoms with Crippen molar-refractivity contribution in [2.24, 2.45) is 0 Å². The molecular formula is C12H12N2O. The van der Waals surface area contributed by atoms with Crippen molar-refractivity contribution in [3.8, 4) is 16.9 Å². The molecule has 15 heavy (non-hydrogen) atoms. The molecule has 0 unspecified atom stereocenters. The van der Waals surface area contributed by atoms with Crippen molar-refractivity contribution in [3.05, 3.63) is 42.1 Å². The van der Waals surface area contributed by atoms with E-state index >= 15 is 0 Å². The number of benzene rings is 1. The molecule has 0 saturated carbocycles. The quantitative estimate of drug-likeness (QED) is 0.742. The predicted octanol–water partition coefficient (Wildman–Crippen LogP) is 2.34. The monoisotopic (exact) mass is 200 g/mol. The number of aryl methyl sites for hydroxylation is 1. The largest absolute Gasteiger partial charge is 0.508 e. The van der Waals surface area contributed by atoms with Crippen molar-refractivity contribution in [2.75, 3.05) is 5.73 Å². The van der Waals surface area contributed by atoms with E-state index in [0.717, 1.165) is 16.8 Å². The maximum absolute atomic E-state index is 9.37. The fourth-order valence-corrected chi connectivity index (χ4v) is 1.56. The number of phenols is 1. The Morgan fingerprint density at radius 1 is 1.20 bits per heavy atom. The molecule has 1 aromatic heterocycles. The minimum atomic E-state index is 0.253. The van der Waals surface area contributed by atoms with E-state index in [4.69, 9.17) is 5.73 Å². The number of nitrogens with two attached hydrogens (primary N) is 1. The van der Waals surface area contributed by atoms with Crippen LogP contribution in [0, 0.1) is 6.92 Å². The van der Waals surface area contributed by atoms with Crippen LogP contribution in [0.3, 0.4) is 0 Å². The second-order valence-electron chi connectivity index (χ2n) is 3.42. The van der Waals surface area contributed by atoms with Crippen molar-refractivity contribution < 1.29 is 5.11 Å². The molecule has 1 heterocycles. The summed E-state index contributed by atoms with van der Waals surface area (Å²) in [7, 11) is 0. The lowest BCUT2D eigenvalue weighted by Crippen LogP contribution is -1.93. The summed E-state index contributed by atoms with van der Waals surface area (Å²) in [5, 5.41) is 9.37.